The number of nitrogens with zero attached hydrogens (tertiary/aromatic N) is 2. The number of amides is 2. The van der Waals surface area contributed by atoms with E-state index in [1.807, 2.05) is 0 Å². The van der Waals surface area contributed by atoms with Gasteiger partial charge in [0.1, 0.15) is 0 Å². The third-order valence-corrected chi connectivity index (χ3v) is 4.38. The molecule has 2 amide bonds. The minimum absolute atomic E-state index is 0.00435. The Morgan fingerprint density at radius 1 is 1.23 bits per heavy atom. The summed E-state index contributed by atoms with van der Waals surface area (Å²) in [5, 5.41) is 17.6. The summed E-state index contributed by atoms with van der Waals surface area (Å²) in [7, 11) is 1.19. The molecule has 0 aliphatic heterocycles. The molecule has 0 saturated heterocycles. The molecule has 12 heteroatoms. The van der Waals surface area contributed by atoms with Gasteiger partial charge in [0, 0.05) is 11.4 Å². The molecule has 0 spiro atoms. The fourth-order valence-electron chi connectivity index (χ4n) is 2.41. The third kappa shape index (κ3) is 6.34. The Bertz CT molecular complexity index is 1060. The first-order valence-corrected chi connectivity index (χ1v) is 9.42. The topological polar surface area (TPSA) is 149 Å². The van der Waals surface area contributed by atoms with Crippen molar-refractivity contribution in [2.45, 2.75) is 6.92 Å². The van der Waals surface area contributed by atoms with E-state index in [2.05, 4.69) is 31.8 Å². The molecule has 2 N–H and O–H groups in total. The molecule has 0 unspecified atom stereocenters. The Labute approximate surface area is 184 Å². The Kier molecular flexibility index (Phi) is 8.20. The molecular weight excluding hydrogens is 476 g/mol. The molecule has 0 aliphatic rings. The van der Waals surface area contributed by atoms with Gasteiger partial charge in [-0.2, -0.15) is 5.10 Å². The predicted molar refractivity (Wildman–Crippen MR) is 113 cm³/mol. The number of carbonyl (C=O) groups is 3. The van der Waals surface area contributed by atoms with E-state index >= 15 is 0 Å². The van der Waals surface area contributed by atoms with E-state index in [4.69, 9.17) is 9.47 Å². The Hall–Kier alpha value is -3.80. The van der Waals surface area contributed by atoms with Gasteiger partial charge in [-0.3, -0.25) is 24.5 Å². The summed E-state index contributed by atoms with van der Waals surface area (Å²) in [6, 6.07) is 9.28. The molecule has 0 aliphatic carbocycles. The fourth-order valence-corrected chi connectivity index (χ4v) is 2.87. The molecule has 0 fully saturated rings. The molecule has 162 valence electrons. The van der Waals surface area contributed by atoms with Crippen molar-refractivity contribution in [3.63, 3.8) is 0 Å². The van der Waals surface area contributed by atoms with Crippen LogP contribution in [0.4, 0.5) is 5.69 Å². The van der Waals surface area contributed by atoms with E-state index in [1.54, 1.807) is 24.3 Å². The van der Waals surface area contributed by atoms with Crippen molar-refractivity contribution >= 4 is 45.6 Å². The van der Waals surface area contributed by atoms with Crippen molar-refractivity contribution in [3.8, 4) is 11.5 Å². The number of carbonyl (C=O) groups excluding carboxylic acids is 3. The van der Waals surface area contributed by atoms with Crippen molar-refractivity contribution in [2.24, 2.45) is 5.10 Å². The average molecular weight is 493 g/mol. The number of methoxy groups -OCH3 is 1. The second kappa shape index (κ2) is 10.8. The van der Waals surface area contributed by atoms with Crippen molar-refractivity contribution in [2.75, 3.05) is 13.7 Å². The number of ether oxygens (including phenoxy) is 2. The summed E-state index contributed by atoms with van der Waals surface area (Å²) >= 11 is 3.24. The monoisotopic (exact) mass is 492 g/mol. The van der Waals surface area contributed by atoms with Gasteiger partial charge in [0.05, 0.1) is 35.9 Å². The molecule has 0 aromatic heterocycles. The highest BCUT2D eigenvalue weighted by Crippen LogP contribution is 2.39. The minimum Gasteiger partial charge on any atom is -0.488 e. The van der Waals surface area contributed by atoms with Gasteiger partial charge in [0.2, 0.25) is 5.75 Å². The largest absolute Gasteiger partial charge is 0.488 e. The minimum atomic E-state index is -0.729. The quantitative estimate of drug-likeness (QED) is 0.188. The highest BCUT2D eigenvalue weighted by molar-refractivity contribution is 9.10. The maximum absolute atomic E-state index is 12.1. The van der Waals surface area contributed by atoms with E-state index in [1.165, 1.54) is 19.2 Å². The number of rotatable bonds is 8. The number of hydrazone groups is 1. The fraction of sp³-hybridized carbons (Fsp3) is 0.158. The number of benzene rings is 2. The van der Waals surface area contributed by atoms with Gasteiger partial charge in [0.15, 0.2) is 5.75 Å². The van der Waals surface area contributed by atoms with E-state index in [-0.39, 0.29) is 23.6 Å². The van der Waals surface area contributed by atoms with Crippen LogP contribution in [0.25, 0.3) is 0 Å². The summed E-state index contributed by atoms with van der Waals surface area (Å²) in [4.78, 5) is 45.9. The molecule has 0 radical (unpaired) electrons. The first-order valence-electron chi connectivity index (χ1n) is 8.63. The maximum atomic E-state index is 12.1. The SMILES string of the molecule is COc1c(OC(C)=O)ccc(/C=N/NC(=O)CNC(=O)c2ccccc2Br)c1[N+](=O)[O-]. The number of nitrogens with one attached hydrogen (secondary N) is 2. The molecule has 0 atom stereocenters. The van der Waals surface area contributed by atoms with Crippen LogP contribution in [0, 0.1) is 10.1 Å². The van der Waals surface area contributed by atoms with Crippen molar-refractivity contribution < 1.29 is 28.8 Å². The Balaban J connectivity index is 2.07. The number of halogens is 1. The number of hydrogen-bond donors (Lipinski definition) is 2. The van der Waals surface area contributed by atoms with Gasteiger partial charge in [0.25, 0.3) is 11.8 Å². The molecule has 0 heterocycles. The zero-order valence-corrected chi connectivity index (χ0v) is 18.0. The molecule has 0 bridgehead atoms. The zero-order chi connectivity index (χ0) is 23.0. The number of hydrogen-bond acceptors (Lipinski definition) is 8. The zero-order valence-electron chi connectivity index (χ0n) is 16.4. The second-order valence-electron chi connectivity index (χ2n) is 5.84. The molecular formula is C19H17BrN4O7. The van der Waals surface area contributed by atoms with Crippen molar-refractivity contribution in [3.05, 3.63) is 62.1 Å². The van der Waals surface area contributed by atoms with E-state index in [0.717, 1.165) is 13.1 Å². The van der Waals surface area contributed by atoms with E-state index < -0.39 is 28.4 Å². The smallest absolute Gasteiger partial charge is 0.323 e. The van der Waals surface area contributed by atoms with Gasteiger partial charge >= 0.3 is 11.7 Å². The van der Waals surface area contributed by atoms with Crippen LogP contribution in [0.3, 0.4) is 0 Å². The van der Waals surface area contributed by atoms with Gasteiger partial charge in [-0.25, -0.2) is 5.43 Å². The van der Waals surface area contributed by atoms with E-state index in [9.17, 15) is 24.5 Å². The standard InChI is InChI=1S/C19H17BrN4O7/c1-11(25)31-15-8-7-12(17(24(28)29)18(15)30-2)9-22-23-16(26)10-21-19(27)13-5-3-4-6-14(13)20/h3-9H,10H2,1-2H3,(H,21,27)(H,23,26)/b22-9+. The number of esters is 1. The van der Waals surface area contributed by atoms with Crippen molar-refractivity contribution in [1.82, 2.24) is 10.7 Å². The summed E-state index contributed by atoms with van der Waals surface area (Å²) in [6.45, 7) is 0.778. The first kappa shape index (κ1) is 23.5. The Morgan fingerprint density at radius 2 is 1.94 bits per heavy atom. The highest BCUT2D eigenvalue weighted by atomic mass is 79.9. The number of nitro groups is 1. The predicted octanol–water partition coefficient (Wildman–Crippen LogP) is 2.17. The van der Waals surface area contributed by atoms with Crippen LogP contribution in [-0.2, 0) is 9.59 Å². The van der Waals surface area contributed by atoms with Crippen LogP contribution < -0.4 is 20.2 Å². The van der Waals surface area contributed by atoms with Crippen LogP contribution in [-0.4, -0.2) is 42.6 Å². The normalized spacial score (nSPS) is 10.4. The summed E-state index contributed by atoms with van der Waals surface area (Å²) in [5.41, 5.74) is 2.01. The first-order chi connectivity index (χ1) is 14.7. The number of nitro benzene ring substituents is 1. The van der Waals surface area contributed by atoms with Gasteiger partial charge in [-0.1, -0.05) is 12.1 Å². The summed E-state index contributed by atoms with van der Waals surface area (Å²) in [5.74, 6) is -2.18. The molecule has 2 aromatic rings. The highest BCUT2D eigenvalue weighted by Gasteiger charge is 2.25. The van der Waals surface area contributed by atoms with Crippen LogP contribution in [0.1, 0.15) is 22.8 Å². The van der Waals surface area contributed by atoms with Crippen LogP contribution >= 0.6 is 15.9 Å². The lowest BCUT2D eigenvalue weighted by atomic mass is 10.1. The van der Waals surface area contributed by atoms with Gasteiger partial charge in [-0.05, 0) is 40.2 Å². The van der Waals surface area contributed by atoms with Gasteiger partial charge in [-0.15, -0.1) is 0 Å². The molecule has 11 nitrogen and oxygen atoms in total. The lowest BCUT2D eigenvalue weighted by molar-refractivity contribution is -0.385. The second-order valence-corrected chi connectivity index (χ2v) is 6.70. The third-order valence-electron chi connectivity index (χ3n) is 3.69. The molecule has 2 aromatic carbocycles. The lowest BCUT2D eigenvalue weighted by Gasteiger charge is -2.09. The summed E-state index contributed by atoms with van der Waals surface area (Å²) in [6.07, 6.45) is 1.03. The lowest BCUT2D eigenvalue weighted by Crippen LogP contribution is -2.35. The average Bonchev–Trinajstić information content (AvgIpc) is 2.72. The van der Waals surface area contributed by atoms with Crippen LogP contribution in [0.2, 0.25) is 0 Å². The van der Waals surface area contributed by atoms with E-state index in [0.29, 0.717) is 10.0 Å². The summed E-state index contributed by atoms with van der Waals surface area (Å²) < 4.78 is 10.5. The maximum Gasteiger partial charge on any atom is 0.323 e. The van der Waals surface area contributed by atoms with Gasteiger partial charge < -0.3 is 14.8 Å². The van der Waals surface area contributed by atoms with Crippen LogP contribution in [0.5, 0.6) is 11.5 Å². The molecule has 31 heavy (non-hydrogen) atoms. The van der Waals surface area contributed by atoms with Crippen LogP contribution in [0.15, 0.2) is 46.0 Å². The van der Waals surface area contributed by atoms with Crippen molar-refractivity contribution in [1.29, 1.82) is 0 Å². The Morgan fingerprint density at radius 3 is 2.55 bits per heavy atom. The molecule has 0 saturated carbocycles. The molecule has 2 rings (SSSR count).